The highest BCUT2D eigenvalue weighted by molar-refractivity contribution is 6.30. The number of nitrogens with one attached hydrogen (secondary N) is 2. The predicted octanol–water partition coefficient (Wildman–Crippen LogP) is 5.40. The second-order valence-corrected chi connectivity index (χ2v) is 8.15. The van der Waals surface area contributed by atoms with Gasteiger partial charge in [-0.3, -0.25) is 20.1 Å². The van der Waals surface area contributed by atoms with Gasteiger partial charge < -0.3 is 0 Å². The van der Waals surface area contributed by atoms with Crippen molar-refractivity contribution in [1.82, 2.24) is 14.9 Å². The van der Waals surface area contributed by atoms with Gasteiger partial charge in [-0.1, -0.05) is 65.7 Å². The Morgan fingerprint density at radius 1 is 0.939 bits per heavy atom. The first-order valence-corrected chi connectivity index (χ1v) is 10.7. The zero-order valence-electron chi connectivity index (χ0n) is 17.7. The number of rotatable bonds is 4. The summed E-state index contributed by atoms with van der Waals surface area (Å²) in [5.74, 6) is -0.388. The van der Waals surface area contributed by atoms with Crippen molar-refractivity contribution < 1.29 is 4.79 Å². The molecule has 1 amide bonds. The van der Waals surface area contributed by atoms with E-state index in [9.17, 15) is 9.59 Å². The Kier molecular flexibility index (Phi) is 5.28. The standard InChI is InChI=1S/C26H19ClN4O2/c1-16-7-5-10-18(13-16)22-15-21-23(19-11-6-12-20(27)14-19)28-29-24(21)26(33)31(22)30-25(32)17-8-3-2-4-9-17/h2-15H,1H3,(H,28,29)(H,30,32). The van der Waals surface area contributed by atoms with Crippen LogP contribution in [0.2, 0.25) is 5.02 Å². The molecule has 0 fully saturated rings. The van der Waals surface area contributed by atoms with Crippen LogP contribution in [0.1, 0.15) is 15.9 Å². The number of pyridine rings is 1. The van der Waals surface area contributed by atoms with Crippen LogP contribution in [-0.2, 0) is 0 Å². The van der Waals surface area contributed by atoms with Crippen LogP contribution in [0.25, 0.3) is 33.4 Å². The molecule has 5 rings (SSSR count). The number of aromatic nitrogens is 3. The molecule has 5 aromatic rings. The number of nitrogens with zero attached hydrogens (tertiary/aromatic N) is 2. The van der Waals surface area contributed by atoms with Crippen LogP contribution in [0, 0.1) is 6.92 Å². The lowest BCUT2D eigenvalue weighted by molar-refractivity contribution is 0.101. The summed E-state index contributed by atoms with van der Waals surface area (Å²) in [7, 11) is 0. The van der Waals surface area contributed by atoms with Crippen molar-refractivity contribution in [3.8, 4) is 22.5 Å². The third kappa shape index (κ3) is 3.92. The molecule has 33 heavy (non-hydrogen) atoms. The van der Waals surface area contributed by atoms with Crippen molar-refractivity contribution in [1.29, 1.82) is 0 Å². The molecule has 7 heteroatoms. The SMILES string of the molecule is Cc1cccc(-c2cc3c(-c4cccc(Cl)c4)n[nH]c3c(=O)n2NC(=O)c2ccccc2)c1. The molecule has 0 spiro atoms. The van der Waals surface area contributed by atoms with Gasteiger partial charge in [0.05, 0.1) is 5.69 Å². The van der Waals surface area contributed by atoms with Gasteiger partial charge in [0.15, 0.2) is 0 Å². The fourth-order valence-electron chi connectivity index (χ4n) is 3.82. The molecule has 0 radical (unpaired) electrons. The maximum Gasteiger partial charge on any atom is 0.295 e. The van der Waals surface area contributed by atoms with Gasteiger partial charge in [0.2, 0.25) is 0 Å². The van der Waals surface area contributed by atoms with Gasteiger partial charge in [0, 0.05) is 27.1 Å². The van der Waals surface area contributed by atoms with E-state index >= 15 is 0 Å². The number of hydrogen-bond donors (Lipinski definition) is 2. The van der Waals surface area contributed by atoms with E-state index in [2.05, 4.69) is 15.6 Å². The maximum absolute atomic E-state index is 13.5. The molecule has 0 saturated carbocycles. The number of carbonyl (C=O) groups excluding carboxylic acids is 1. The minimum atomic E-state index is -0.408. The first-order valence-electron chi connectivity index (χ1n) is 10.3. The highest BCUT2D eigenvalue weighted by Gasteiger charge is 2.19. The van der Waals surface area contributed by atoms with Gasteiger partial charge in [0.25, 0.3) is 11.5 Å². The second kappa shape index (κ2) is 8.41. The largest absolute Gasteiger partial charge is 0.295 e. The molecule has 0 atom stereocenters. The lowest BCUT2D eigenvalue weighted by atomic mass is 10.0. The number of fused-ring (bicyclic) bond motifs is 1. The van der Waals surface area contributed by atoms with Crippen LogP contribution >= 0.6 is 11.6 Å². The summed E-state index contributed by atoms with van der Waals surface area (Å²) < 4.78 is 1.27. The Morgan fingerprint density at radius 3 is 2.45 bits per heavy atom. The maximum atomic E-state index is 13.5. The summed E-state index contributed by atoms with van der Waals surface area (Å²) >= 11 is 6.18. The molecule has 0 unspecified atom stereocenters. The van der Waals surface area contributed by atoms with Crippen molar-refractivity contribution in [2.45, 2.75) is 6.92 Å². The number of halogens is 1. The minimum absolute atomic E-state index is 0.287. The first kappa shape index (κ1) is 20.7. The van der Waals surface area contributed by atoms with Crippen LogP contribution < -0.4 is 11.0 Å². The molecule has 0 aliphatic heterocycles. The molecular weight excluding hydrogens is 436 g/mol. The van der Waals surface area contributed by atoms with Crippen LogP contribution in [0.4, 0.5) is 0 Å². The van der Waals surface area contributed by atoms with Crippen LogP contribution in [-0.4, -0.2) is 20.8 Å². The zero-order valence-corrected chi connectivity index (χ0v) is 18.4. The summed E-state index contributed by atoms with van der Waals surface area (Å²) in [6.07, 6.45) is 0. The van der Waals surface area contributed by atoms with E-state index < -0.39 is 5.56 Å². The van der Waals surface area contributed by atoms with Crippen molar-refractivity contribution in [2.75, 3.05) is 5.43 Å². The lowest BCUT2D eigenvalue weighted by Gasteiger charge is -2.15. The average molecular weight is 455 g/mol. The quantitative estimate of drug-likeness (QED) is 0.381. The minimum Gasteiger partial charge on any atom is -0.272 e. The molecule has 2 aromatic heterocycles. The fourth-order valence-corrected chi connectivity index (χ4v) is 4.01. The summed E-state index contributed by atoms with van der Waals surface area (Å²) in [5.41, 5.74) is 6.85. The van der Waals surface area contributed by atoms with E-state index in [0.29, 0.717) is 27.4 Å². The Bertz CT molecular complexity index is 1550. The topological polar surface area (TPSA) is 79.8 Å². The number of H-pyrrole nitrogens is 1. The Morgan fingerprint density at radius 2 is 1.70 bits per heavy atom. The molecule has 2 heterocycles. The highest BCUT2D eigenvalue weighted by atomic mass is 35.5. The summed E-state index contributed by atoms with van der Waals surface area (Å²) in [5, 5.41) is 8.45. The molecule has 2 N–H and O–H groups in total. The van der Waals surface area contributed by atoms with E-state index in [1.165, 1.54) is 4.68 Å². The van der Waals surface area contributed by atoms with Crippen LogP contribution in [0.5, 0.6) is 0 Å². The Balaban J connectivity index is 1.73. The summed E-state index contributed by atoms with van der Waals surface area (Å²) in [4.78, 5) is 26.4. The van der Waals surface area contributed by atoms with Gasteiger partial charge in [0.1, 0.15) is 11.2 Å². The molecule has 0 aliphatic rings. The number of benzene rings is 3. The number of carbonyl (C=O) groups is 1. The number of amides is 1. The van der Waals surface area contributed by atoms with Gasteiger partial charge in [-0.2, -0.15) is 5.10 Å². The Hall–Kier alpha value is -4.16. The average Bonchev–Trinajstić information content (AvgIpc) is 3.25. The van der Waals surface area contributed by atoms with Gasteiger partial charge in [-0.25, -0.2) is 4.68 Å². The van der Waals surface area contributed by atoms with Crippen molar-refractivity contribution in [2.24, 2.45) is 0 Å². The summed E-state index contributed by atoms with van der Waals surface area (Å²) in [6, 6.07) is 25.7. The summed E-state index contributed by atoms with van der Waals surface area (Å²) in [6.45, 7) is 1.97. The van der Waals surface area contributed by atoms with E-state index in [-0.39, 0.29) is 11.4 Å². The molecule has 162 valence electrons. The monoisotopic (exact) mass is 454 g/mol. The Labute approximate surface area is 194 Å². The molecule has 0 saturated heterocycles. The second-order valence-electron chi connectivity index (χ2n) is 7.72. The highest BCUT2D eigenvalue weighted by Crippen LogP contribution is 2.30. The number of hydrogen-bond acceptors (Lipinski definition) is 3. The van der Waals surface area contributed by atoms with E-state index in [0.717, 1.165) is 16.7 Å². The lowest BCUT2D eigenvalue weighted by Crippen LogP contribution is -2.34. The molecule has 3 aromatic carbocycles. The molecular formula is C26H19ClN4O2. The molecule has 0 bridgehead atoms. The van der Waals surface area contributed by atoms with E-state index in [4.69, 9.17) is 11.6 Å². The van der Waals surface area contributed by atoms with Gasteiger partial charge in [-0.05, 0) is 43.3 Å². The van der Waals surface area contributed by atoms with Crippen molar-refractivity contribution in [3.63, 3.8) is 0 Å². The van der Waals surface area contributed by atoms with E-state index in [1.807, 2.05) is 55.5 Å². The third-order valence-electron chi connectivity index (χ3n) is 5.40. The van der Waals surface area contributed by atoms with E-state index in [1.54, 1.807) is 36.4 Å². The smallest absolute Gasteiger partial charge is 0.272 e. The predicted molar refractivity (Wildman–Crippen MR) is 131 cm³/mol. The van der Waals surface area contributed by atoms with Crippen LogP contribution in [0.3, 0.4) is 0 Å². The van der Waals surface area contributed by atoms with Gasteiger partial charge >= 0.3 is 0 Å². The number of aromatic amines is 1. The van der Waals surface area contributed by atoms with Crippen LogP contribution in [0.15, 0.2) is 89.7 Å². The molecule has 0 aliphatic carbocycles. The molecule has 6 nitrogen and oxygen atoms in total. The number of aryl methyl sites for hydroxylation is 1. The normalized spacial score (nSPS) is 11.0. The zero-order chi connectivity index (χ0) is 22.9. The third-order valence-corrected chi connectivity index (χ3v) is 5.64. The van der Waals surface area contributed by atoms with Crippen molar-refractivity contribution >= 4 is 28.4 Å². The van der Waals surface area contributed by atoms with Crippen molar-refractivity contribution in [3.05, 3.63) is 111 Å². The fraction of sp³-hybridized carbons (Fsp3) is 0.0385. The first-order chi connectivity index (χ1) is 16.0. The van der Waals surface area contributed by atoms with Gasteiger partial charge in [-0.15, -0.1) is 0 Å².